The van der Waals surface area contributed by atoms with E-state index in [-0.39, 0.29) is 16.6 Å². The van der Waals surface area contributed by atoms with E-state index >= 15 is 0 Å². The van der Waals surface area contributed by atoms with Gasteiger partial charge in [-0.1, -0.05) is 25.4 Å². The molecule has 1 aromatic heterocycles. The number of halogens is 3. The smallest absolute Gasteiger partial charge is 0.292 e. The van der Waals surface area contributed by atoms with Crippen LogP contribution in [0.5, 0.6) is 0 Å². The lowest BCUT2D eigenvalue weighted by molar-refractivity contribution is -0.131. The molecule has 0 atom stereocenters. The average molecular weight is 425 g/mol. The minimum atomic E-state index is -0.906. The number of amides is 1. The second kappa shape index (κ2) is 8.90. The Morgan fingerprint density at radius 2 is 1.86 bits per heavy atom. The van der Waals surface area contributed by atoms with Crippen LogP contribution in [0.4, 0.5) is 14.5 Å². The first-order valence-electron chi connectivity index (χ1n) is 9.54. The van der Waals surface area contributed by atoms with Gasteiger partial charge in [0, 0.05) is 38.7 Å². The molecule has 0 N–H and O–H groups in total. The van der Waals surface area contributed by atoms with Crippen LogP contribution in [0.3, 0.4) is 0 Å². The zero-order valence-electron chi connectivity index (χ0n) is 16.4. The van der Waals surface area contributed by atoms with E-state index in [9.17, 15) is 18.4 Å². The molecule has 0 unspecified atom stereocenters. The maximum Gasteiger partial charge on any atom is 0.292 e. The fraction of sp³-hybridized carbons (Fsp3) is 0.450. The third kappa shape index (κ3) is 4.75. The lowest BCUT2D eigenvalue weighted by atomic mass is 10.1. The van der Waals surface area contributed by atoms with E-state index in [1.54, 1.807) is 0 Å². The third-order valence-electron chi connectivity index (χ3n) is 4.95. The molecule has 0 spiro atoms. The molecular weight excluding hydrogens is 402 g/mol. The molecule has 1 aliphatic rings. The number of hydrogen-bond acceptors (Lipinski definition) is 4. The molecule has 1 aliphatic heterocycles. The van der Waals surface area contributed by atoms with Crippen molar-refractivity contribution in [2.75, 3.05) is 31.1 Å². The summed E-state index contributed by atoms with van der Waals surface area (Å²) in [5.74, 6) is -1.05. The summed E-state index contributed by atoms with van der Waals surface area (Å²) in [7, 11) is 0. The number of anilines is 1. The van der Waals surface area contributed by atoms with Crippen LogP contribution in [0.2, 0.25) is 5.02 Å². The number of hydrogen-bond donors (Lipinski definition) is 0. The van der Waals surface area contributed by atoms with Crippen LogP contribution < -0.4 is 10.5 Å². The topological polar surface area (TPSA) is 58.4 Å². The molecule has 1 saturated heterocycles. The molecular formula is C20H23ClF2N4O2. The van der Waals surface area contributed by atoms with E-state index < -0.39 is 17.2 Å². The third-order valence-corrected chi connectivity index (χ3v) is 5.30. The minimum absolute atomic E-state index is 0.0942. The molecule has 0 saturated carbocycles. The highest BCUT2D eigenvalue weighted by Crippen LogP contribution is 2.24. The van der Waals surface area contributed by atoms with Crippen molar-refractivity contribution in [1.82, 2.24) is 14.7 Å². The fourth-order valence-electron chi connectivity index (χ4n) is 3.24. The summed E-state index contributed by atoms with van der Waals surface area (Å²) in [6, 6.07) is 2.86. The molecule has 6 nitrogen and oxygen atoms in total. The zero-order chi connectivity index (χ0) is 21.1. The van der Waals surface area contributed by atoms with Crippen LogP contribution in [0.15, 0.2) is 29.2 Å². The summed E-state index contributed by atoms with van der Waals surface area (Å²) in [5, 5.41) is 3.92. The molecule has 0 bridgehead atoms. The van der Waals surface area contributed by atoms with Gasteiger partial charge in [-0.2, -0.15) is 9.78 Å². The van der Waals surface area contributed by atoms with Gasteiger partial charge in [0.25, 0.3) is 5.56 Å². The Hall–Kier alpha value is -2.48. The molecule has 9 heteroatoms. The Labute approximate surface area is 172 Å². The van der Waals surface area contributed by atoms with Crippen LogP contribution in [0.25, 0.3) is 5.69 Å². The van der Waals surface area contributed by atoms with E-state index in [1.807, 2.05) is 9.80 Å². The predicted molar refractivity (Wildman–Crippen MR) is 108 cm³/mol. The molecule has 2 aromatic rings. The molecule has 0 aliphatic carbocycles. The Bertz CT molecular complexity index is 956. The Morgan fingerprint density at radius 1 is 1.17 bits per heavy atom. The average Bonchev–Trinajstić information content (AvgIpc) is 2.69. The van der Waals surface area contributed by atoms with Gasteiger partial charge in [-0.15, -0.1) is 0 Å². The van der Waals surface area contributed by atoms with Crippen LogP contribution in [-0.2, 0) is 4.79 Å². The van der Waals surface area contributed by atoms with E-state index in [2.05, 4.69) is 18.9 Å². The molecule has 156 valence electrons. The van der Waals surface area contributed by atoms with Crippen LogP contribution in [0, 0.1) is 17.6 Å². The highest BCUT2D eigenvalue weighted by atomic mass is 35.5. The maximum atomic E-state index is 14.0. The number of piperazine rings is 1. The summed E-state index contributed by atoms with van der Waals surface area (Å²) in [6.07, 6.45) is 2.77. The van der Waals surface area contributed by atoms with Crippen LogP contribution in [-0.4, -0.2) is 46.8 Å². The van der Waals surface area contributed by atoms with Crippen molar-refractivity contribution in [3.63, 3.8) is 0 Å². The predicted octanol–water partition coefficient (Wildman–Crippen LogP) is 3.25. The van der Waals surface area contributed by atoms with Crippen molar-refractivity contribution in [2.24, 2.45) is 5.92 Å². The number of nitrogens with zero attached hydrogens (tertiary/aromatic N) is 4. The SMILES string of the molecule is CC(C)CCC(=O)N1CCN(c2cnn(-c3ccc(F)cc3F)c(=O)c2Cl)CC1. The van der Waals surface area contributed by atoms with Gasteiger partial charge < -0.3 is 9.80 Å². The van der Waals surface area contributed by atoms with Gasteiger partial charge >= 0.3 is 0 Å². The Kier molecular flexibility index (Phi) is 6.52. The number of carbonyl (C=O) groups is 1. The summed E-state index contributed by atoms with van der Waals surface area (Å²) >= 11 is 6.26. The van der Waals surface area contributed by atoms with Crippen molar-refractivity contribution in [3.8, 4) is 5.69 Å². The lowest BCUT2D eigenvalue weighted by Gasteiger charge is -2.36. The number of rotatable bonds is 5. The first-order valence-corrected chi connectivity index (χ1v) is 9.91. The molecule has 2 heterocycles. The fourth-order valence-corrected chi connectivity index (χ4v) is 3.48. The minimum Gasteiger partial charge on any atom is -0.365 e. The first kappa shape index (κ1) is 21.2. The standard InChI is InChI=1S/C20H23ClF2N4O2/c1-13(2)3-6-18(28)26-9-7-25(8-10-26)17-12-24-27(20(29)19(17)21)16-5-4-14(22)11-15(16)23/h4-5,11-13H,3,6-10H2,1-2H3. The van der Waals surface area contributed by atoms with E-state index in [1.165, 1.54) is 6.20 Å². The monoisotopic (exact) mass is 424 g/mol. The second-order valence-electron chi connectivity index (χ2n) is 7.46. The molecule has 1 aromatic carbocycles. The quantitative estimate of drug-likeness (QED) is 0.739. The zero-order valence-corrected chi connectivity index (χ0v) is 17.1. The van der Waals surface area contributed by atoms with Gasteiger partial charge in [0.2, 0.25) is 5.91 Å². The van der Waals surface area contributed by atoms with Crippen molar-refractivity contribution in [2.45, 2.75) is 26.7 Å². The van der Waals surface area contributed by atoms with E-state index in [4.69, 9.17) is 11.6 Å². The lowest BCUT2D eigenvalue weighted by Crippen LogP contribution is -2.49. The summed E-state index contributed by atoms with van der Waals surface area (Å²) in [4.78, 5) is 28.6. The number of carbonyl (C=O) groups excluding carboxylic acids is 1. The van der Waals surface area contributed by atoms with Gasteiger partial charge in [0.1, 0.15) is 16.5 Å². The number of aromatic nitrogens is 2. The van der Waals surface area contributed by atoms with Gasteiger partial charge in [-0.05, 0) is 24.5 Å². The molecule has 3 rings (SSSR count). The van der Waals surface area contributed by atoms with Crippen LogP contribution in [0.1, 0.15) is 26.7 Å². The van der Waals surface area contributed by atoms with Gasteiger partial charge in [-0.3, -0.25) is 9.59 Å². The number of benzene rings is 1. The summed E-state index contributed by atoms with van der Waals surface area (Å²) in [5.41, 5.74) is -0.430. The normalized spacial score (nSPS) is 14.6. The largest absolute Gasteiger partial charge is 0.365 e. The molecule has 1 fully saturated rings. The Balaban J connectivity index is 1.74. The second-order valence-corrected chi connectivity index (χ2v) is 7.83. The van der Waals surface area contributed by atoms with Crippen molar-refractivity contribution < 1.29 is 13.6 Å². The van der Waals surface area contributed by atoms with Crippen LogP contribution >= 0.6 is 11.6 Å². The van der Waals surface area contributed by atoms with Gasteiger partial charge in [-0.25, -0.2) is 8.78 Å². The summed E-state index contributed by atoms with van der Waals surface area (Å²) in [6.45, 7) is 6.26. The van der Waals surface area contributed by atoms with E-state index in [0.29, 0.717) is 50.3 Å². The first-order chi connectivity index (χ1) is 13.8. The van der Waals surface area contributed by atoms with Gasteiger partial charge in [0.15, 0.2) is 5.82 Å². The van der Waals surface area contributed by atoms with Crippen molar-refractivity contribution in [3.05, 3.63) is 51.4 Å². The highest BCUT2D eigenvalue weighted by Gasteiger charge is 2.24. The summed E-state index contributed by atoms with van der Waals surface area (Å²) < 4.78 is 27.9. The van der Waals surface area contributed by atoms with Crippen molar-refractivity contribution in [1.29, 1.82) is 0 Å². The maximum absolute atomic E-state index is 14.0. The Morgan fingerprint density at radius 3 is 2.48 bits per heavy atom. The highest BCUT2D eigenvalue weighted by molar-refractivity contribution is 6.33. The van der Waals surface area contributed by atoms with E-state index in [0.717, 1.165) is 23.2 Å². The van der Waals surface area contributed by atoms with Gasteiger partial charge in [0.05, 0.1) is 11.9 Å². The molecule has 1 amide bonds. The molecule has 29 heavy (non-hydrogen) atoms. The van der Waals surface area contributed by atoms with Crippen molar-refractivity contribution >= 4 is 23.2 Å². The molecule has 0 radical (unpaired) electrons.